The third-order valence-electron chi connectivity index (χ3n) is 3.24. The van der Waals surface area contributed by atoms with E-state index in [9.17, 15) is 9.18 Å². The summed E-state index contributed by atoms with van der Waals surface area (Å²) in [6, 6.07) is 16.8. The van der Waals surface area contributed by atoms with Crippen LogP contribution in [-0.2, 0) is 0 Å². The van der Waals surface area contributed by atoms with Crippen molar-refractivity contribution in [3.63, 3.8) is 0 Å². The van der Waals surface area contributed by atoms with Crippen LogP contribution in [0, 0.1) is 12.7 Å². The summed E-state index contributed by atoms with van der Waals surface area (Å²) >= 11 is 0. The Morgan fingerprint density at radius 1 is 1.00 bits per heavy atom. The standard InChI is InChI=1S/C17H13FN2O/c1-12-19-16(13-5-3-2-4-6-13)11-17(21)20(12)15-9-7-14(18)8-10-15/h2-11H,1H3. The van der Waals surface area contributed by atoms with Crippen LogP contribution < -0.4 is 5.56 Å². The van der Waals surface area contributed by atoms with E-state index >= 15 is 0 Å². The molecule has 0 saturated carbocycles. The number of rotatable bonds is 2. The lowest BCUT2D eigenvalue weighted by Crippen LogP contribution is -2.21. The molecule has 3 aromatic rings. The van der Waals surface area contributed by atoms with E-state index in [0.29, 0.717) is 17.2 Å². The normalized spacial score (nSPS) is 10.6. The second-order valence-corrected chi connectivity index (χ2v) is 4.70. The van der Waals surface area contributed by atoms with Gasteiger partial charge >= 0.3 is 0 Å². The molecule has 1 aromatic heterocycles. The van der Waals surface area contributed by atoms with Gasteiger partial charge in [-0.1, -0.05) is 30.3 Å². The average molecular weight is 280 g/mol. The summed E-state index contributed by atoms with van der Waals surface area (Å²) in [6.45, 7) is 1.76. The van der Waals surface area contributed by atoms with Gasteiger partial charge in [-0.15, -0.1) is 0 Å². The molecule has 0 N–H and O–H groups in total. The van der Waals surface area contributed by atoms with Crippen molar-refractivity contribution in [2.75, 3.05) is 0 Å². The van der Waals surface area contributed by atoms with E-state index in [1.807, 2.05) is 30.3 Å². The van der Waals surface area contributed by atoms with Crippen molar-refractivity contribution < 1.29 is 4.39 Å². The number of benzene rings is 2. The fraction of sp³-hybridized carbons (Fsp3) is 0.0588. The van der Waals surface area contributed by atoms with Gasteiger partial charge in [-0.05, 0) is 31.2 Å². The molecule has 3 rings (SSSR count). The van der Waals surface area contributed by atoms with Gasteiger partial charge in [-0.25, -0.2) is 9.37 Å². The van der Waals surface area contributed by atoms with Crippen molar-refractivity contribution in [3.8, 4) is 16.9 Å². The van der Waals surface area contributed by atoms with Crippen molar-refractivity contribution in [2.45, 2.75) is 6.92 Å². The number of hydrogen-bond acceptors (Lipinski definition) is 2. The highest BCUT2D eigenvalue weighted by molar-refractivity contribution is 5.58. The lowest BCUT2D eigenvalue weighted by atomic mass is 10.1. The van der Waals surface area contributed by atoms with E-state index in [-0.39, 0.29) is 11.4 Å². The Bertz CT molecular complexity index is 824. The predicted molar refractivity (Wildman–Crippen MR) is 80.0 cm³/mol. The zero-order valence-corrected chi connectivity index (χ0v) is 11.5. The molecular weight excluding hydrogens is 267 g/mol. The molecule has 0 saturated heterocycles. The summed E-state index contributed by atoms with van der Waals surface area (Å²) in [4.78, 5) is 16.8. The smallest absolute Gasteiger partial charge is 0.258 e. The topological polar surface area (TPSA) is 34.9 Å². The Kier molecular flexibility index (Phi) is 3.36. The number of aromatic nitrogens is 2. The summed E-state index contributed by atoms with van der Waals surface area (Å²) in [5, 5.41) is 0. The molecule has 0 spiro atoms. The molecule has 0 unspecified atom stereocenters. The van der Waals surface area contributed by atoms with E-state index in [4.69, 9.17) is 0 Å². The lowest BCUT2D eigenvalue weighted by Gasteiger charge is -2.10. The van der Waals surface area contributed by atoms with Crippen LogP contribution in [0.25, 0.3) is 16.9 Å². The minimum absolute atomic E-state index is 0.187. The summed E-state index contributed by atoms with van der Waals surface area (Å²) in [6.07, 6.45) is 0. The molecule has 2 aromatic carbocycles. The molecule has 0 radical (unpaired) electrons. The van der Waals surface area contributed by atoms with Crippen LogP contribution in [0.15, 0.2) is 65.5 Å². The van der Waals surface area contributed by atoms with Crippen molar-refractivity contribution in [3.05, 3.63) is 82.7 Å². The maximum absolute atomic E-state index is 13.0. The zero-order valence-electron chi connectivity index (χ0n) is 11.5. The molecule has 1 heterocycles. The largest absolute Gasteiger partial charge is 0.269 e. The monoisotopic (exact) mass is 280 g/mol. The predicted octanol–water partition coefficient (Wildman–Crippen LogP) is 3.35. The molecule has 0 aliphatic heterocycles. The van der Waals surface area contributed by atoms with E-state index in [2.05, 4.69) is 4.98 Å². The van der Waals surface area contributed by atoms with Gasteiger partial charge in [0.25, 0.3) is 5.56 Å². The molecule has 0 amide bonds. The van der Waals surface area contributed by atoms with Gasteiger partial charge in [0.1, 0.15) is 11.6 Å². The van der Waals surface area contributed by atoms with Crippen LogP contribution in [0.4, 0.5) is 4.39 Å². The summed E-state index contributed by atoms with van der Waals surface area (Å²) in [5.41, 5.74) is 1.94. The first-order valence-corrected chi connectivity index (χ1v) is 6.57. The molecule has 104 valence electrons. The quantitative estimate of drug-likeness (QED) is 0.721. The van der Waals surface area contributed by atoms with Crippen LogP contribution in [0.2, 0.25) is 0 Å². The maximum atomic E-state index is 13.0. The fourth-order valence-electron chi connectivity index (χ4n) is 2.26. The highest BCUT2D eigenvalue weighted by Gasteiger charge is 2.08. The van der Waals surface area contributed by atoms with Crippen LogP contribution >= 0.6 is 0 Å². The van der Waals surface area contributed by atoms with Crippen molar-refractivity contribution in [1.82, 2.24) is 9.55 Å². The highest BCUT2D eigenvalue weighted by atomic mass is 19.1. The molecule has 0 fully saturated rings. The van der Waals surface area contributed by atoms with Crippen molar-refractivity contribution in [1.29, 1.82) is 0 Å². The minimum atomic E-state index is -0.335. The molecule has 4 heteroatoms. The SMILES string of the molecule is Cc1nc(-c2ccccc2)cc(=O)n1-c1ccc(F)cc1. The molecule has 21 heavy (non-hydrogen) atoms. The van der Waals surface area contributed by atoms with E-state index in [1.54, 1.807) is 19.1 Å². The third kappa shape index (κ3) is 2.60. The Labute approximate surface area is 121 Å². The lowest BCUT2D eigenvalue weighted by molar-refractivity contribution is 0.627. The number of halogens is 1. The third-order valence-corrected chi connectivity index (χ3v) is 3.24. The summed E-state index contributed by atoms with van der Waals surface area (Å²) < 4.78 is 14.5. The molecule has 0 bridgehead atoms. The summed E-state index contributed by atoms with van der Waals surface area (Å²) in [7, 11) is 0. The Balaban J connectivity index is 2.13. The zero-order chi connectivity index (χ0) is 14.8. The second-order valence-electron chi connectivity index (χ2n) is 4.70. The van der Waals surface area contributed by atoms with Gasteiger partial charge in [0.15, 0.2) is 0 Å². The fourth-order valence-corrected chi connectivity index (χ4v) is 2.26. The molecule has 0 atom stereocenters. The Hall–Kier alpha value is -2.75. The first-order valence-electron chi connectivity index (χ1n) is 6.57. The van der Waals surface area contributed by atoms with E-state index < -0.39 is 0 Å². The second kappa shape index (κ2) is 5.32. The van der Waals surface area contributed by atoms with Gasteiger partial charge in [0.2, 0.25) is 0 Å². The van der Waals surface area contributed by atoms with Crippen LogP contribution in [0.3, 0.4) is 0 Å². The van der Waals surface area contributed by atoms with E-state index in [0.717, 1.165) is 5.56 Å². The van der Waals surface area contributed by atoms with Crippen LogP contribution in [0.5, 0.6) is 0 Å². The molecule has 0 aliphatic carbocycles. The molecule has 0 aliphatic rings. The highest BCUT2D eigenvalue weighted by Crippen LogP contribution is 2.16. The van der Waals surface area contributed by atoms with Gasteiger partial charge in [-0.3, -0.25) is 9.36 Å². The first-order chi connectivity index (χ1) is 10.1. The summed E-state index contributed by atoms with van der Waals surface area (Å²) in [5.74, 6) is 0.228. The number of nitrogens with zero attached hydrogens (tertiary/aromatic N) is 2. The van der Waals surface area contributed by atoms with Crippen LogP contribution in [0.1, 0.15) is 5.82 Å². The van der Waals surface area contributed by atoms with Crippen LogP contribution in [-0.4, -0.2) is 9.55 Å². The number of hydrogen-bond donors (Lipinski definition) is 0. The first kappa shape index (κ1) is 13.2. The minimum Gasteiger partial charge on any atom is -0.269 e. The Morgan fingerprint density at radius 3 is 2.29 bits per heavy atom. The van der Waals surface area contributed by atoms with Crippen molar-refractivity contribution >= 4 is 0 Å². The molecular formula is C17H13FN2O. The van der Waals surface area contributed by atoms with Gasteiger partial charge in [0.05, 0.1) is 11.4 Å². The Morgan fingerprint density at radius 2 is 1.67 bits per heavy atom. The van der Waals surface area contributed by atoms with Crippen molar-refractivity contribution in [2.24, 2.45) is 0 Å². The number of aryl methyl sites for hydroxylation is 1. The van der Waals surface area contributed by atoms with E-state index in [1.165, 1.54) is 22.8 Å². The maximum Gasteiger partial charge on any atom is 0.258 e. The molecule has 3 nitrogen and oxygen atoms in total. The van der Waals surface area contributed by atoms with Gasteiger partial charge < -0.3 is 0 Å². The van der Waals surface area contributed by atoms with Gasteiger partial charge in [-0.2, -0.15) is 0 Å². The average Bonchev–Trinajstić information content (AvgIpc) is 2.49. The van der Waals surface area contributed by atoms with Gasteiger partial charge in [0, 0.05) is 11.6 Å².